The zero-order valence-electron chi connectivity index (χ0n) is 11.5. The van der Waals surface area contributed by atoms with Gasteiger partial charge in [0.2, 0.25) is 0 Å². The predicted octanol–water partition coefficient (Wildman–Crippen LogP) is 1.24. The number of nitrogens with two attached hydrogens (primary N) is 1. The number of rotatable bonds is 4. The Morgan fingerprint density at radius 1 is 1.33 bits per heavy atom. The average molecular weight is 321 g/mol. The first-order valence-corrected chi connectivity index (χ1v) is 8.51. The zero-order valence-corrected chi connectivity index (χ0v) is 13.1. The minimum atomic E-state index is -3.50. The monoisotopic (exact) mass is 321 g/mol. The van der Waals surface area contributed by atoms with Crippen molar-refractivity contribution >= 4 is 21.4 Å². The summed E-state index contributed by atoms with van der Waals surface area (Å²) >= 11 is 1.15. The first-order valence-electron chi connectivity index (χ1n) is 6.21. The summed E-state index contributed by atoms with van der Waals surface area (Å²) < 4.78 is 26.9. The first-order chi connectivity index (χ1) is 10.0. The smallest absolute Gasteiger partial charge is 0.251 e. The van der Waals surface area contributed by atoms with Gasteiger partial charge in [0.25, 0.3) is 10.0 Å². The van der Waals surface area contributed by atoms with Gasteiger partial charge in [0.1, 0.15) is 0 Å². The quantitative estimate of drug-likeness (QED) is 0.830. The van der Waals surface area contributed by atoms with E-state index in [-0.39, 0.29) is 10.8 Å². The number of sulfonamides is 1. The molecule has 0 atom stereocenters. The Kier molecular flexibility index (Phi) is 5.09. The molecule has 5 nitrogen and oxygen atoms in total. The summed E-state index contributed by atoms with van der Waals surface area (Å²) in [6.45, 7) is 2.31. The van der Waals surface area contributed by atoms with Gasteiger partial charge in [-0.3, -0.25) is 0 Å². The molecule has 0 aliphatic carbocycles. The van der Waals surface area contributed by atoms with Crippen molar-refractivity contribution in [2.24, 2.45) is 5.73 Å². The molecule has 0 fully saturated rings. The van der Waals surface area contributed by atoms with Gasteiger partial charge in [-0.25, -0.2) is 18.1 Å². The van der Waals surface area contributed by atoms with Gasteiger partial charge in [-0.05, 0) is 24.6 Å². The van der Waals surface area contributed by atoms with E-state index in [9.17, 15) is 8.42 Å². The lowest BCUT2D eigenvalue weighted by molar-refractivity contribution is 0.583. The van der Waals surface area contributed by atoms with Crippen molar-refractivity contribution in [3.63, 3.8) is 0 Å². The zero-order chi connectivity index (χ0) is 15.3. The molecule has 1 heterocycles. The fraction of sp³-hybridized carbons (Fsp3) is 0.214. The van der Waals surface area contributed by atoms with Gasteiger partial charge in [0.05, 0.1) is 17.7 Å². The van der Waals surface area contributed by atoms with Gasteiger partial charge in [0.15, 0.2) is 4.21 Å². The molecule has 3 N–H and O–H groups in total. The molecular weight excluding hydrogens is 306 g/mol. The summed E-state index contributed by atoms with van der Waals surface area (Å²) in [4.78, 5) is 3.95. The highest BCUT2D eigenvalue weighted by atomic mass is 32.2. The van der Waals surface area contributed by atoms with Crippen molar-refractivity contribution in [2.45, 2.75) is 17.7 Å². The van der Waals surface area contributed by atoms with E-state index in [1.807, 2.05) is 24.3 Å². The molecule has 21 heavy (non-hydrogen) atoms. The summed E-state index contributed by atoms with van der Waals surface area (Å²) in [5.41, 5.74) is 7.02. The number of thiazole rings is 1. The Bertz CT molecular complexity index is 769. The molecule has 0 saturated carbocycles. The minimum absolute atomic E-state index is 0.226. The van der Waals surface area contributed by atoms with E-state index in [4.69, 9.17) is 5.73 Å². The summed E-state index contributed by atoms with van der Waals surface area (Å²) in [6, 6.07) is 7.34. The Morgan fingerprint density at radius 2 is 2.05 bits per heavy atom. The van der Waals surface area contributed by atoms with Crippen molar-refractivity contribution in [3.8, 4) is 11.8 Å². The van der Waals surface area contributed by atoms with Crippen LogP contribution in [0.4, 0.5) is 0 Å². The minimum Gasteiger partial charge on any atom is -0.320 e. The van der Waals surface area contributed by atoms with E-state index in [2.05, 4.69) is 21.5 Å². The number of hydrogen-bond acceptors (Lipinski definition) is 5. The molecule has 0 aliphatic rings. The fourth-order valence-corrected chi connectivity index (χ4v) is 3.74. The number of benzene rings is 1. The fourth-order valence-electron chi connectivity index (χ4n) is 1.57. The number of aryl methyl sites for hydroxylation is 1. The molecule has 110 valence electrons. The van der Waals surface area contributed by atoms with Gasteiger partial charge in [-0.2, -0.15) is 0 Å². The van der Waals surface area contributed by atoms with Crippen LogP contribution in [-0.2, 0) is 16.6 Å². The van der Waals surface area contributed by atoms with Crippen molar-refractivity contribution in [1.82, 2.24) is 9.71 Å². The highest BCUT2D eigenvalue weighted by Gasteiger charge is 2.16. The largest absolute Gasteiger partial charge is 0.320 e. The molecule has 1 aromatic heterocycles. The van der Waals surface area contributed by atoms with Crippen LogP contribution in [0.1, 0.15) is 16.1 Å². The predicted molar refractivity (Wildman–Crippen MR) is 83.3 cm³/mol. The molecule has 0 radical (unpaired) electrons. The highest BCUT2D eigenvalue weighted by molar-refractivity contribution is 7.91. The number of nitrogens with zero attached hydrogens (tertiary/aromatic N) is 1. The third kappa shape index (κ3) is 4.37. The maximum atomic E-state index is 12.1. The van der Waals surface area contributed by atoms with Crippen LogP contribution in [0, 0.1) is 18.8 Å². The Balaban J connectivity index is 2.03. The molecule has 7 heteroatoms. The lowest BCUT2D eigenvalue weighted by atomic mass is 10.1. The van der Waals surface area contributed by atoms with E-state index in [0.29, 0.717) is 6.54 Å². The second-order valence-electron chi connectivity index (χ2n) is 4.23. The average Bonchev–Trinajstić information content (AvgIpc) is 2.91. The molecule has 0 spiro atoms. The van der Waals surface area contributed by atoms with Crippen LogP contribution in [-0.4, -0.2) is 19.9 Å². The van der Waals surface area contributed by atoms with Crippen LogP contribution in [0.15, 0.2) is 34.7 Å². The van der Waals surface area contributed by atoms with Gasteiger partial charge in [0, 0.05) is 12.1 Å². The van der Waals surface area contributed by atoms with Crippen molar-refractivity contribution in [2.75, 3.05) is 6.54 Å². The van der Waals surface area contributed by atoms with Crippen LogP contribution < -0.4 is 10.5 Å². The summed E-state index contributed by atoms with van der Waals surface area (Å²) in [5.74, 6) is 5.68. The molecule has 0 saturated heterocycles. The SMILES string of the molecule is Cc1ncc(S(=O)(=O)NCc2ccc(C#CCN)cc2)s1. The molecule has 2 rings (SSSR count). The lowest BCUT2D eigenvalue weighted by Gasteiger charge is -2.04. The summed E-state index contributed by atoms with van der Waals surface area (Å²) in [6.07, 6.45) is 1.37. The van der Waals surface area contributed by atoms with Gasteiger partial charge < -0.3 is 5.73 Å². The second-order valence-corrected chi connectivity index (χ2v) is 7.45. The first kappa shape index (κ1) is 15.7. The molecule has 0 amide bonds. The second kappa shape index (κ2) is 6.83. The Hall–Kier alpha value is -1.72. The van der Waals surface area contributed by atoms with E-state index in [1.165, 1.54) is 6.20 Å². The van der Waals surface area contributed by atoms with E-state index < -0.39 is 10.0 Å². The van der Waals surface area contributed by atoms with Crippen molar-refractivity contribution in [1.29, 1.82) is 0 Å². The van der Waals surface area contributed by atoms with Crippen LogP contribution in [0.25, 0.3) is 0 Å². The van der Waals surface area contributed by atoms with E-state index >= 15 is 0 Å². The topological polar surface area (TPSA) is 85.1 Å². The molecule has 2 aromatic rings. The van der Waals surface area contributed by atoms with E-state index in [0.717, 1.165) is 27.5 Å². The van der Waals surface area contributed by atoms with Crippen molar-refractivity contribution < 1.29 is 8.42 Å². The number of nitrogens with one attached hydrogen (secondary N) is 1. The maximum absolute atomic E-state index is 12.1. The van der Waals surface area contributed by atoms with Crippen LogP contribution in [0.3, 0.4) is 0 Å². The van der Waals surface area contributed by atoms with Crippen LogP contribution >= 0.6 is 11.3 Å². The summed E-state index contributed by atoms with van der Waals surface area (Å²) in [7, 11) is -3.50. The molecular formula is C14H15N3O2S2. The van der Waals surface area contributed by atoms with Crippen LogP contribution in [0.2, 0.25) is 0 Å². The highest BCUT2D eigenvalue weighted by Crippen LogP contribution is 2.17. The standard InChI is InChI=1S/C14H15N3O2S2/c1-11-16-10-14(20-11)21(18,19)17-9-13-6-4-12(5-7-13)3-2-8-15/h4-7,10,17H,8-9,15H2,1H3. The van der Waals surface area contributed by atoms with Gasteiger partial charge in [-0.15, -0.1) is 11.3 Å². The molecule has 1 aromatic carbocycles. The van der Waals surface area contributed by atoms with Gasteiger partial charge >= 0.3 is 0 Å². The van der Waals surface area contributed by atoms with Crippen molar-refractivity contribution in [3.05, 3.63) is 46.6 Å². The van der Waals surface area contributed by atoms with E-state index in [1.54, 1.807) is 6.92 Å². The number of aromatic nitrogens is 1. The van der Waals surface area contributed by atoms with Crippen LogP contribution in [0.5, 0.6) is 0 Å². The summed E-state index contributed by atoms with van der Waals surface area (Å²) in [5, 5.41) is 0.721. The third-order valence-corrected chi connectivity index (χ3v) is 5.40. The van der Waals surface area contributed by atoms with Gasteiger partial charge in [-0.1, -0.05) is 24.0 Å². The molecule has 0 bridgehead atoms. The lowest BCUT2D eigenvalue weighted by Crippen LogP contribution is -2.22. The maximum Gasteiger partial charge on any atom is 0.251 e. The Morgan fingerprint density at radius 3 is 2.62 bits per heavy atom. The number of hydrogen-bond donors (Lipinski definition) is 2. The third-order valence-electron chi connectivity index (χ3n) is 2.62. The Labute approximate surface area is 128 Å². The molecule has 0 unspecified atom stereocenters. The normalized spacial score (nSPS) is 11.0. The molecule has 0 aliphatic heterocycles.